The van der Waals surface area contributed by atoms with Crippen molar-refractivity contribution in [3.8, 4) is 0 Å². The van der Waals surface area contributed by atoms with Gasteiger partial charge in [-0.25, -0.2) is 4.79 Å². The summed E-state index contributed by atoms with van der Waals surface area (Å²) >= 11 is 1.63. The highest BCUT2D eigenvalue weighted by molar-refractivity contribution is 7.07. The summed E-state index contributed by atoms with van der Waals surface area (Å²) in [5.41, 5.74) is 1.19. The zero-order valence-electron chi connectivity index (χ0n) is 11.9. The van der Waals surface area contributed by atoms with Crippen LogP contribution in [0.5, 0.6) is 0 Å². The summed E-state index contributed by atoms with van der Waals surface area (Å²) in [6.07, 6.45) is 0.774. The summed E-state index contributed by atoms with van der Waals surface area (Å²) in [6.45, 7) is 3.29. The van der Waals surface area contributed by atoms with E-state index in [9.17, 15) is 14.7 Å². The number of thiophene rings is 1. The smallest absolute Gasteiger partial charge is 0.317 e. The van der Waals surface area contributed by atoms with E-state index in [2.05, 4.69) is 10.7 Å². The molecule has 7 heteroatoms. The number of hydrogen-bond donors (Lipinski definition) is 2. The van der Waals surface area contributed by atoms with Crippen LogP contribution in [-0.2, 0) is 16.0 Å². The Morgan fingerprint density at radius 2 is 2.33 bits per heavy atom. The molecule has 0 aromatic carbocycles. The topological polar surface area (TPSA) is 78.9 Å². The number of nitrogens with zero attached hydrogens (tertiary/aromatic N) is 1. The van der Waals surface area contributed by atoms with Crippen molar-refractivity contribution in [2.75, 3.05) is 26.3 Å². The van der Waals surface area contributed by atoms with E-state index in [4.69, 9.17) is 4.74 Å². The van der Waals surface area contributed by atoms with E-state index in [1.807, 2.05) is 18.4 Å². The van der Waals surface area contributed by atoms with Crippen LogP contribution in [0.4, 0.5) is 4.79 Å². The van der Waals surface area contributed by atoms with Crippen molar-refractivity contribution in [1.82, 2.24) is 10.2 Å². The van der Waals surface area contributed by atoms with Crippen LogP contribution >= 0.6 is 11.3 Å². The predicted octanol–water partition coefficient (Wildman–Crippen LogP) is 1.42. The van der Waals surface area contributed by atoms with E-state index in [0.29, 0.717) is 13.1 Å². The van der Waals surface area contributed by atoms with Crippen LogP contribution < -0.4 is 5.32 Å². The number of likely N-dealkylation sites (N-methyl/N-ethyl adjacent to an activating group) is 1. The monoisotopic (exact) mass is 312 g/mol. The lowest BCUT2D eigenvalue weighted by Gasteiger charge is -2.29. The fourth-order valence-corrected chi connectivity index (χ4v) is 3.17. The number of hydrogen-bond acceptors (Lipinski definition) is 4. The van der Waals surface area contributed by atoms with Gasteiger partial charge >= 0.3 is 12.0 Å². The minimum absolute atomic E-state index is 0.165. The molecule has 1 fully saturated rings. The first kappa shape index (κ1) is 15.8. The minimum atomic E-state index is -0.915. The first-order valence-corrected chi connectivity index (χ1v) is 7.93. The molecule has 21 heavy (non-hydrogen) atoms. The van der Waals surface area contributed by atoms with Crippen LogP contribution in [0.2, 0.25) is 0 Å². The lowest BCUT2D eigenvalue weighted by Crippen LogP contribution is -2.50. The van der Waals surface area contributed by atoms with Crippen LogP contribution in [0, 0.1) is 5.92 Å². The Hall–Kier alpha value is -1.60. The van der Waals surface area contributed by atoms with Gasteiger partial charge in [0.05, 0.1) is 19.3 Å². The molecule has 0 saturated carbocycles. The van der Waals surface area contributed by atoms with E-state index >= 15 is 0 Å². The summed E-state index contributed by atoms with van der Waals surface area (Å²) in [5.74, 6) is -1.56. The number of carboxylic acid groups (broad SMARTS) is 1. The van der Waals surface area contributed by atoms with Gasteiger partial charge in [-0.15, -0.1) is 0 Å². The van der Waals surface area contributed by atoms with Gasteiger partial charge in [0.15, 0.2) is 0 Å². The molecule has 0 bridgehead atoms. The molecular weight excluding hydrogens is 292 g/mol. The zero-order chi connectivity index (χ0) is 15.2. The second-order valence-corrected chi connectivity index (χ2v) is 5.73. The molecule has 1 aromatic heterocycles. The molecule has 2 heterocycles. The molecule has 0 spiro atoms. The van der Waals surface area contributed by atoms with E-state index in [-0.39, 0.29) is 19.2 Å². The number of urea groups is 1. The molecule has 2 atom stereocenters. The van der Waals surface area contributed by atoms with E-state index in [0.717, 1.165) is 6.42 Å². The highest BCUT2D eigenvalue weighted by Crippen LogP contribution is 2.20. The Morgan fingerprint density at radius 1 is 1.52 bits per heavy atom. The quantitative estimate of drug-likeness (QED) is 0.833. The Bertz CT molecular complexity index is 477. The molecule has 0 radical (unpaired) electrons. The Balaban J connectivity index is 1.87. The number of carbonyl (C=O) groups is 2. The van der Waals surface area contributed by atoms with Crippen molar-refractivity contribution in [3.05, 3.63) is 22.4 Å². The lowest BCUT2D eigenvalue weighted by atomic mass is 10.0. The SMILES string of the molecule is CCN(C(=O)NCCc1ccsc1)C1COCC1C(=O)O. The number of carboxylic acids is 1. The number of aliphatic carboxylic acids is 1. The van der Waals surface area contributed by atoms with Crippen molar-refractivity contribution < 1.29 is 19.4 Å². The average Bonchev–Trinajstić information content (AvgIpc) is 3.10. The van der Waals surface area contributed by atoms with Crippen molar-refractivity contribution >= 4 is 23.3 Å². The van der Waals surface area contributed by atoms with E-state index < -0.39 is 17.9 Å². The molecule has 1 aliphatic rings. The maximum absolute atomic E-state index is 12.2. The summed E-state index contributed by atoms with van der Waals surface area (Å²) in [4.78, 5) is 25.0. The highest BCUT2D eigenvalue weighted by atomic mass is 32.1. The highest BCUT2D eigenvalue weighted by Gasteiger charge is 2.39. The lowest BCUT2D eigenvalue weighted by molar-refractivity contribution is -0.142. The number of amides is 2. The van der Waals surface area contributed by atoms with E-state index in [1.165, 1.54) is 5.56 Å². The van der Waals surface area contributed by atoms with Gasteiger partial charge in [0.1, 0.15) is 5.92 Å². The van der Waals surface area contributed by atoms with Crippen molar-refractivity contribution in [2.24, 2.45) is 5.92 Å². The fraction of sp³-hybridized carbons (Fsp3) is 0.571. The largest absolute Gasteiger partial charge is 0.481 e. The summed E-state index contributed by atoms with van der Waals surface area (Å²) < 4.78 is 5.23. The second-order valence-electron chi connectivity index (χ2n) is 4.95. The molecule has 1 saturated heterocycles. The van der Waals surface area contributed by atoms with Crippen molar-refractivity contribution in [3.63, 3.8) is 0 Å². The molecule has 6 nitrogen and oxygen atoms in total. The Morgan fingerprint density at radius 3 is 2.95 bits per heavy atom. The molecule has 116 valence electrons. The average molecular weight is 312 g/mol. The molecule has 0 aliphatic carbocycles. The summed E-state index contributed by atoms with van der Waals surface area (Å²) in [6, 6.07) is 1.41. The number of nitrogens with one attached hydrogen (secondary N) is 1. The molecule has 1 aromatic rings. The van der Waals surface area contributed by atoms with Gasteiger partial charge in [-0.1, -0.05) is 0 Å². The van der Waals surface area contributed by atoms with Gasteiger partial charge in [0.2, 0.25) is 0 Å². The second kappa shape index (κ2) is 7.42. The minimum Gasteiger partial charge on any atom is -0.481 e. The molecule has 2 unspecified atom stereocenters. The van der Waals surface area contributed by atoms with Gasteiger partial charge in [-0.2, -0.15) is 11.3 Å². The number of rotatable bonds is 6. The van der Waals surface area contributed by atoms with Gasteiger partial charge in [-0.05, 0) is 35.7 Å². The van der Waals surface area contributed by atoms with Crippen LogP contribution in [0.15, 0.2) is 16.8 Å². The summed E-state index contributed by atoms with van der Waals surface area (Å²) in [5, 5.41) is 16.1. The normalized spacial score (nSPS) is 21.2. The van der Waals surface area contributed by atoms with Crippen LogP contribution in [0.25, 0.3) is 0 Å². The van der Waals surface area contributed by atoms with Crippen LogP contribution in [0.3, 0.4) is 0 Å². The molecule has 1 aliphatic heterocycles. The van der Waals surface area contributed by atoms with Gasteiger partial charge in [0, 0.05) is 13.1 Å². The first-order valence-electron chi connectivity index (χ1n) is 6.99. The van der Waals surface area contributed by atoms with Crippen molar-refractivity contribution in [2.45, 2.75) is 19.4 Å². The van der Waals surface area contributed by atoms with Crippen LogP contribution in [0.1, 0.15) is 12.5 Å². The Labute approximate surface area is 127 Å². The molecular formula is C14H20N2O4S. The number of ether oxygens (including phenoxy) is 1. The predicted molar refractivity (Wildman–Crippen MR) is 79.5 cm³/mol. The van der Waals surface area contributed by atoms with E-state index in [1.54, 1.807) is 16.2 Å². The fourth-order valence-electron chi connectivity index (χ4n) is 2.46. The number of carbonyl (C=O) groups excluding carboxylic acids is 1. The maximum atomic E-state index is 12.2. The zero-order valence-corrected chi connectivity index (χ0v) is 12.8. The Kier molecular flexibility index (Phi) is 5.58. The molecule has 2 amide bonds. The standard InChI is InChI=1S/C14H20N2O4S/c1-2-16(12-8-20-7-11(12)13(17)18)14(19)15-5-3-10-4-6-21-9-10/h4,6,9,11-12H,2-3,5,7-8H2,1H3,(H,15,19)(H,17,18). The van der Waals surface area contributed by atoms with Gasteiger partial charge < -0.3 is 20.1 Å². The third-order valence-electron chi connectivity index (χ3n) is 3.64. The molecule has 2 N–H and O–H groups in total. The maximum Gasteiger partial charge on any atom is 0.317 e. The molecule has 2 rings (SSSR count). The van der Waals surface area contributed by atoms with Crippen LogP contribution in [-0.4, -0.2) is 54.4 Å². The third-order valence-corrected chi connectivity index (χ3v) is 4.37. The first-order chi connectivity index (χ1) is 10.1. The summed E-state index contributed by atoms with van der Waals surface area (Å²) in [7, 11) is 0. The van der Waals surface area contributed by atoms with Gasteiger partial charge in [0.25, 0.3) is 0 Å². The third kappa shape index (κ3) is 3.95. The van der Waals surface area contributed by atoms with Crippen molar-refractivity contribution in [1.29, 1.82) is 0 Å². The van der Waals surface area contributed by atoms with Gasteiger partial charge in [-0.3, -0.25) is 4.79 Å².